The molecule has 0 aliphatic heterocycles. The molecule has 0 unspecified atom stereocenters. The molecule has 6 heteroatoms. The fraction of sp³-hybridized carbons (Fsp3) is 0.156. The zero-order valence-corrected chi connectivity index (χ0v) is 22.0. The number of nitrogens with zero attached hydrogens (tertiary/aromatic N) is 5. The fourth-order valence-electron chi connectivity index (χ4n) is 4.47. The van der Waals surface area contributed by atoms with Crippen molar-refractivity contribution >= 4 is 10.9 Å². The molecule has 3 heterocycles. The fourth-order valence-corrected chi connectivity index (χ4v) is 4.47. The van der Waals surface area contributed by atoms with E-state index < -0.39 is 0 Å². The smallest absolute Gasteiger partial charge is 0.254 e. The molecule has 0 amide bonds. The summed E-state index contributed by atoms with van der Waals surface area (Å²) in [7, 11) is 0. The second-order valence-electron chi connectivity index (χ2n) is 10.6. The predicted octanol–water partition coefficient (Wildman–Crippen LogP) is 6.89. The monoisotopic (exact) mass is 500 g/mol. The molecule has 0 saturated carbocycles. The first-order valence-corrected chi connectivity index (χ1v) is 12.7. The van der Waals surface area contributed by atoms with Crippen molar-refractivity contribution in [3.63, 3.8) is 0 Å². The first-order chi connectivity index (χ1) is 18.3. The highest BCUT2D eigenvalue weighted by Gasteiger charge is 2.16. The Hall–Kier alpha value is -4.71. The summed E-state index contributed by atoms with van der Waals surface area (Å²) in [6.45, 7) is 8.69. The van der Waals surface area contributed by atoms with Crippen molar-refractivity contribution in [3.8, 4) is 28.7 Å². The normalized spacial score (nSPS) is 11.7. The van der Waals surface area contributed by atoms with E-state index in [-0.39, 0.29) is 5.41 Å². The van der Waals surface area contributed by atoms with Gasteiger partial charge in [0, 0.05) is 23.7 Å². The van der Waals surface area contributed by atoms with E-state index in [1.165, 1.54) is 11.1 Å². The molecule has 6 nitrogen and oxygen atoms in total. The maximum atomic E-state index is 6.31. The Labute approximate surface area is 222 Å². The van der Waals surface area contributed by atoms with Gasteiger partial charge in [-0.3, -0.25) is 0 Å². The summed E-state index contributed by atoms with van der Waals surface area (Å²) in [5.74, 6) is 2.29. The molecule has 0 atom stereocenters. The molecule has 188 valence electrons. The number of benzene rings is 3. The number of aryl methyl sites for hydroxylation is 1. The molecule has 0 spiro atoms. The number of fused-ring (bicyclic) bond motifs is 1. The van der Waals surface area contributed by atoms with Gasteiger partial charge < -0.3 is 4.74 Å². The minimum atomic E-state index is 0.0268. The largest absolute Gasteiger partial charge is 0.457 e. The number of pyridine rings is 1. The van der Waals surface area contributed by atoms with Crippen LogP contribution < -0.4 is 9.30 Å². The predicted molar refractivity (Wildman–Crippen MR) is 150 cm³/mol. The Morgan fingerprint density at radius 2 is 1.68 bits per heavy atom. The van der Waals surface area contributed by atoms with E-state index >= 15 is 0 Å². The maximum absolute atomic E-state index is 6.31. The van der Waals surface area contributed by atoms with Crippen LogP contribution in [0.2, 0.25) is 0 Å². The van der Waals surface area contributed by atoms with E-state index in [1.54, 1.807) is 0 Å². The van der Waals surface area contributed by atoms with Crippen molar-refractivity contribution in [2.24, 2.45) is 0 Å². The Morgan fingerprint density at radius 3 is 2.50 bits per heavy atom. The van der Waals surface area contributed by atoms with Crippen LogP contribution >= 0.6 is 0 Å². The average Bonchev–Trinajstić information content (AvgIpc) is 3.57. The molecule has 0 aliphatic rings. The quantitative estimate of drug-likeness (QED) is 0.242. The molecule has 0 fully saturated rings. The minimum absolute atomic E-state index is 0.0268. The molecule has 0 N–H and O–H groups in total. The van der Waals surface area contributed by atoms with E-state index in [4.69, 9.17) is 4.74 Å². The number of imidazole rings is 1. The summed E-state index contributed by atoms with van der Waals surface area (Å²) in [5, 5.41) is 5.65. The van der Waals surface area contributed by atoms with Crippen LogP contribution in [0.1, 0.15) is 31.9 Å². The number of hydrogen-bond donors (Lipinski definition) is 0. The van der Waals surface area contributed by atoms with Gasteiger partial charge in [0.2, 0.25) is 0 Å². The zero-order valence-electron chi connectivity index (χ0n) is 22.0. The van der Waals surface area contributed by atoms with Crippen LogP contribution in [-0.2, 0) is 5.41 Å². The Kier molecular flexibility index (Phi) is 5.80. The summed E-state index contributed by atoms with van der Waals surface area (Å²) >= 11 is 0. The average molecular weight is 501 g/mol. The minimum Gasteiger partial charge on any atom is -0.457 e. The third kappa shape index (κ3) is 4.68. The van der Waals surface area contributed by atoms with Crippen LogP contribution in [0.3, 0.4) is 0 Å². The van der Waals surface area contributed by atoms with Gasteiger partial charge in [-0.15, -0.1) is 0 Å². The maximum Gasteiger partial charge on any atom is 0.254 e. The van der Waals surface area contributed by atoms with Gasteiger partial charge in [-0.05, 0) is 66.4 Å². The molecule has 6 aromatic rings. The van der Waals surface area contributed by atoms with Gasteiger partial charge in [0.1, 0.15) is 35.3 Å². The Morgan fingerprint density at radius 1 is 0.868 bits per heavy atom. The standard InChI is InChI=1S/C32H30N5O/c1-23-8-11-26(12-9-23)35-16-17-36(22-35)27-6-5-7-28(19-27)38-29-13-10-24-21-34-37(30(24)20-29)31-18-25(14-15-33-31)32(2,3)4/h5-22H,1-4H3/q+1. The third-order valence-electron chi connectivity index (χ3n) is 6.69. The van der Waals surface area contributed by atoms with E-state index in [9.17, 15) is 0 Å². The van der Waals surface area contributed by atoms with Crippen LogP contribution in [0.25, 0.3) is 28.1 Å². The van der Waals surface area contributed by atoms with Crippen molar-refractivity contribution in [1.29, 1.82) is 0 Å². The Balaban J connectivity index is 1.28. The Bertz CT molecular complexity index is 1740. The van der Waals surface area contributed by atoms with Gasteiger partial charge in [0.15, 0.2) is 5.82 Å². The zero-order chi connectivity index (χ0) is 26.3. The van der Waals surface area contributed by atoms with Crippen LogP contribution in [0.4, 0.5) is 0 Å². The molecule has 38 heavy (non-hydrogen) atoms. The molecule has 0 aliphatic carbocycles. The first kappa shape index (κ1) is 23.7. The lowest BCUT2D eigenvalue weighted by Crippen LogP contribution is -2.27. The summed E-state index contributed by atoms with van der Waals surface area (Å²) in [5.41, 5.74) is 5.57. The molecule has 0 saturated heterocycles. The van der Waals surface area contributed by atoms with E-state index in [1.807, 2.05) is 59.7 Å². The molecular formula is C32H30N5O+. The summed E-state index contributed by atoms with van der Waals surface area (Å²) in [6.07, 6.45) is 9.87. The van der Waals surface area contributed by atoms with Gasteiger partial charge in [0.25, 0.3) is 6.33 Å². The summed E-state index contributed by atoms with van der Waals surface area (Å²) < 4.78 is 12.4. The lowest BCUT2D eigenvalue weighted by molar-refractivity contribution is -0.594. The van der Waals surface area contributed by atoms with Crippen LogP contribution in [0.5, 0.6) is 11.5 Å². The second kappa shape index (κ2) is 9.30. The van der Waals surface area contributed by atoms with Gasteiger partial charge >= 0.3 is 0 Å². The number of rotatable bonds is 5. The lowest BCUT2D eigenvalue weighted by atomic mass is 9.88. The molecule has 0 bridgehead atoms. The van der Waals surface area contributed by atoms with Crippen LogP contribution in [-0.4, -0.2) is 19.3 Å². The van der Waals surface area contributed by atoms with Crippen molar-refractivity contribution in [1.82, 2.24) is 19.3 Å². The van der Waals surface area contributed by atoms with E-state index in [2.05, 4.69) is 102 Å². The van der Waals surface area contributed by atoms with Crippen LogP contribution in [0.15, 0.2) is 110 Å². The van der Waals surface area contributed by atoms with Gasteiger partial charge in [-0.25, -0.2) is 18.8 Å². The van der Waals surface area contributed by atoms with E-state index in [0.29, 0.717) is 0 Å². The molecular weight excluding hydrogens is 470 g/mol. The van der Waals surface area contributed by atoms with Gasteiger partial charge in [0.05, 0.1) is 11.7 Å². The number of ether oxygens (including phenoxy) is 1. The highest BCUT2D eigenvalue weighted by molar-refractivity contribution is 5.81. The van der Waals surface area contributed by atoms with Crippen molar-refractivity contribution in [2.75, 3.05) is 0 Å². The molecule has 6 rings (SSSR count). The molecule has 0 radical (unpaired) electrons. The van der Waals surface area contributed by atoms with Crippen LogP contribution in [0, 0.1) is 6.92 Å². The SMILES string of the molecule is Cc1ccc(-[n+]2ccn(-c3cccc(Oc4ccc5cnn(-c6cc(C(C)(C)C)ccn6)c5c4)c3)c2)cc1. The van der Waals surface area contributed by atoms with Crippen molar-refractivity contribution < 1.29 is 9.30 Å². The summed E-state index contributed by atoms with van der Waals surface area (Å²) in [4.78, 5) is 4.59. The summed E-state index contributed by atoms with van der Waals surface area (Å²) in [6, 6.07) is 26.7. The lowest BCUT2D eigenvalue weighted by Gasteiger charge is -2.19. The second-order valence-corrected chi connectivity index (χ2v) is 10.6. The van der Waals surface area contributed by atoms with Crippen molar-refractivity contribution in [3.05, 3.63) is 121 Å². The third-order valence-corrected chi connectivity index (χ3v) is 6.69. The molecule has 3 aromatic carbocycles. The van der Waals surface area contributed by atoms with Crippen molar-refractivity contribution in [2.45, 2.75) is 33.1 Å². The number of hydrogen-bond acceptors (Lipinski definition) is 3. The molecule has 3 aromatic heterocycles. The highest BCUT2D eigenvalue weighted by Crippen LogP contribution is 2.29. The highest BCUT2D eigenvalue weighted by atomic mass is 16.5. The van der Waals surface area contributed by atoms with Gasteiger partial charge in [-0.2, -0.15) is 5.10 Å². The van der Waals surface area contributed by atoms with Gasteiger partial charge in [-0.1, -0.05) is 44.5 Å². The van der Waals surface area contributed by atoms with E-state index in [0.717, 1.165) is 39.6 Å². The first-order valence-electron chi connectivity index (χ1n) is 12.7. The number of aromatic nitrogens is 5. The topological polar surface area (TPSA) is 48.8 Å².